The Morgan fingerprint density at radius 1 is 0.897 bits per heavy atom. The lowest BCUT2D eigenvalue weighted by Gasteiger charge is -2.63. The molecule has 0 aromatic carbocycles. The zero-order chi connectivity index (χ0) is 28.0. The highest BCUT2D eigenvalue weighted by molar-refractivity contribution is 7.92. The third-order valence-corrected chi connectivity index (χ3v) is 15.9. The first-order valence-corrected chi connectivity index (χ1v) is 18.6. The van der Waals surface area contributed by atoms with Crippen LogP contribution in [0.5, 0.6) is 0 Å². The molecule has 10 atom stereocenters. The Labute approximate surface area is 239 Å². The van der Waals surface area contributed by atoms with Crippen LogP contribution in [0.2, 0.25) is 0 Å². The molecule has 0 aromatic rings. The van der Waals surface area contributed by atoms with Crippen molar-refractivity contribution in [2.24, 2.45) is 52.3 Å². The van der Waals surface area contributed by atoms with Crippen LogP contribution in [0.15, 0.2) is 0 Å². The fourth-order valence-electron chi connectivity index (χ4n) is 11.6. The molecule has 39 heavy (non-hydrogen) atoms. The summed E-state index contributed by atoms with van der Waals surface area (Å²) in [5.74, 6) is 4.99. The second kappa shape index (κ2) is 11.7. The fraction of sp³-hybridized carbons (Fsp3) is 0.971. The van der Waals surface area contributed by atoms with Crippen LogP contribution in [0, 0.1) is 52.3 Å². The van der Waals surface area contributed by atoms with E-state index in [-0.39, 0.29) is 22.9 Å². The number of rotatable bonds is 9. The molecule has 0 saturated heterocycles. The second-order valence-corrected chi connectivity index (χ2v) is 17.8. The third-order valence-electron chi connectivity index (χ3n) is 13.6. The molecule has 4 nitrogen and oxygen atoms in total. The van der Waals surface area contributed by atoms with Crippen molar-refractivity contribution in [2.45, 2.75) is 148 Å². The quantitative estimate of drug-likeness (QED) is 0.312. The molecular weight excluding hydrogens is 504 g/mol. The Morgan fingerprint density at radius 3 is 2.31 bits per heavy atom. The normalized spacial score (nSPS) is 43.8. The molecule has 5 heteroatoms. The van der Waals surface area contributed by atoms with Gasteiger partial charge in [0.2, 0.25) is 0 Å². The predicted molar refractivity (Wildman–Crippen MR) is 159 cm³/mol. The van der Waals surface area contributed by atoms with E-state index in [0.717, 1.165) is 87.4 Å². The Balaban J connectivity index is 1.18. The highest BCUT2D eigenvalue weighted by Gasteiger charge is 2.62. The summed E-state index contributed by atoms with van der Waals surface area (Å²) in [5.41, 5.74) is 0.816. The van der Waals surface area contributed by atoms with E-state index in [1.54, 1.807) is 0 Å². The second-order valence-electron chi connectivity index (χ2n) is 15.5. The van der Waals surface area contributed by atoms with Crippen molar-refractivity contribution in [3.63, 3.8) is 0 Å². The molecule has 0 bridgehead atoms. The summed E-state index contributed by atoms with van der Waals surface area (Å²) in [5, 5.41) is 10.3. The van der Waals surface area contributed by atoms with Crippen molar-refractivity contribution >= 4 is 15.6 Å². The number of carbonyl (C=O) groups is 1. The zero-order valence-electron chi connectivity index (χ0n) is 25.5. The van der Waals surface area contributed by atoms with Gasteiger partial charge in [-0.1, -0.05) is 59.8 Å². The smallest absolute Gasteiger partial charge is 0.160 e. The van der Waals surface area contributed by atoms with Gasteiger partial charge in [0.25, 0.3) is 0 Å². The molecule has 0 aliphatic heterocycles. The van der Waals surface area contributed by atoms with Gasteiger partial charge >= 0.3 is 0 Å². The fourth-order valence-corrected chi connectivity index (χ4v) is 13.5. The summed E-state index contributed by atoms with van der Waals surface area (Å²) in [4.78, 5) is 12.7. The molecule has 0 aromatic heterocycles. The van der Waals surface area contributed by atoms with Crippen molar-refractivity contribution in [1.29, 1.82) is 0 Å². The maximum Gasteiger partial charge on any atom is 0.160 e. The number of Topliss-reactive ketones (excluding diaryl/α,β-unsaturated/α-hetero) is 1. The first kappa shape index (κ1) is 30.1. The van der Waals surface area contributed by atoms with Crippen LogP contribution in [0.4, 0.5) is 0 Å². The Kier molecular flexibility index (Phi) is 9.01. The van der Waals surface area contributed by atoms with Crippen molar-refractivity contribution in [2.75, 3.05) is 5.75 Å². The van der Waals surface area contributed by atoms with E-state index in [4.69, 9.17) is 0 Å². The molecule has 5 rings (SSSR count). The molecule has 0 radical (unpaired) electrons. The van der Waals surface area contributed by atoms with Crippen LogP contribution < -0.4 is 0 Å². The molecule has 224 valence electrons. The van der Waals surface area contributed by atoms with Gasteiger partial charge in [-0.2, -0.15) is 0 Å². The largest absolute Gasteiger partial charge is 0.393 e. The minimum Gasteiger partial charge on any atom is -0.393 e. The highest BCUT2D eigenvalue weighted by Crippen LogP contribution is 2.69. The molecular formula is C34H58O4S. The molecule has 0 unspecified atom stereocenters. The van der Waals surface area contributed by atoms with Gasteiger partial charge in [-0.3, -0.25) is 4.79 Å². The molecule has 5 aliphatic carbocycles. The molecule has 0 heterocycles. The van der Waals surface area contributed by atoms with Crippen molar-refractivity contribution in [3.8, 4) is 0 Å². The van der Waals surface area contributed by atoms with Gasteiger partial charge in [0.1, 0.15) is 11.5 Å². The number of ketones is 1. The Morgan fingerprint density at radius 2 is 1.59 bits per heavy atom. The lowest BCUT2D eigenvalue weighted by Crippen LogP contribution is -2.56. The molecule has 5 saturated carbocycles. The molecule has 0 spiro atoms. The van der Waals surface area contributed by atoms with Gasteiger partial charge in [0.05, 0.1) is 11.4 Å². The maximum absolute atomic E-state index is 12.8. The van der Waals surface area contributed by atoms with E-state index in [1.165, 1.54) is 44.9 Å². The number of aliphatic hydroxyl groups excluding tert-OH is 1. The topological polar surface area (TPSA) is 71.4 Å². The monoisotopic (exact) mass is 562 g/mol. The summed E-state index contributed by atoms with van der Waals surface area (Å²) < 4.78 is 25.5. The summed E-state index contributed by atoms with van der Waals surface area (Å²) >= 11 is 0. The number of aliphatic hydroxyl groups is 1. The van der Waals surface area contributed by atoms with Gasteiger partial charge in [-0.15, -0.1) is 0 Å². The summed E-state index contributed by atoms with van der Waals surface area (Å²) in [7, 11) is -3.27. The first-order chi connectivity index (χ1) is 18.5. The highest BCUT2D eigenvalue weighted by atomic mass is 32.2. The van der Waals surface area contributed by atoms with E-state index in [2.05, 4.69) is 27.7 Å². The predicted octanol–water partition coefficient (Wildman–Crippen LogP) is 7.77. The van der Waals surface area contributed by atoms with Crippen LogP contribution in [0.3, 0.4) is 0 Å². The number of carbonyl (C=O) groups excluding carboxylic acids is 1. The van der Waals surface area contributed by atoms with E-state index in [9.17, 15) is 18.3 Å². The van der Waals surface area contributed by atoms with Crippen molar-refractivity contribution in [1.82, 2.24) is 0 Å². The van der Waals surface area contributed by atoms with Gasteiger partial charge in [0.15, 0.2) is 9.84 Å². The van der Waals surface area contributed by atoms with E-state index in [1.807, 2.05) is 0 Å². The van der Waals surface area contributed by atoms with Crippen molar-refractivity contribution in [3.05, 3.63) is 0 Å². The zero-order valence-corrected chi connectivity index (χ0v) is 26.3. The van der Waals surface area contributed by atoms with Crippen LogP contribution in [0.1, 0.15) is 137 Å². The van der Waals surface area contributed by atoms with Crippen LogP contribution in [-0.4, -0.2) is 36.4 Å². The SMILES string of the molecule is CC[C@H]1C[C@@H]2[C@H](CC[C@]3(C)[C@@H]([C@H](C)CCCC(=O)CS(=O)(=O)C4CCCCC4)CC[C@@H]23)[C@@]2(C)CC[C@@H](O)C[C@@H]12. The van der Waals surface area contributed by atoms with Crippen LogP contribution in [-0.2, 0) is 14.6 Å². The number of sulfone groups is 1. The van der Waals surface area contributed by atoms with Crippen LogP contribution in [0.25, 0.3) is 0 Å². The molecule has 5 aliphatic rings. The summed E-state index contributed by atoms with van der Waals surface area (Å²) in [6, 6.07) is 0. The number of fused-ring (bicyclic) bond motifs is 5. The average Bonchev–Trinajstić information content (AvgIpc) is 3.26. The average molecular weight is 563 g/mol. The maximum atomic E-state index is 12.8. The minimum absolute atomic E-state index is 0.0583. The standard InChI is InChI=1S/C34H58O4S/c1-5-24-20-28-30-15-14-29(33(30,3)19-17-31(28)34(4)18-16-25(35)21-32(24)34)23(2)10-9-11-26(36)22-39(37,38)27-12-7-6-8-13-27/h23-25,27-32,35H,5-22H2,1-4H3/t23-,24+,25-,28+,29-,30+,31+,32+,33-,34-/m1/s1. The lowest BCUT2D eigenvalue weighted by atomic mass is 9.42. The van der Waals surface area contributed by atoms with E-state index < -0.39 is 9.84 Å². The summed E-state index contributed by atoms with van der Waals surface area (Å²) in [6.45, 7) is 10.0. The Hall–Kier alpha value is -0.420. The number of hydrogen-bond donors (Lipinski definition) is 1. The Bertz CT molecular complexity index is 970. The van der Waals surface area contributed by atoms with Crippen LogP contribution >= 0.6 is 0 Å². The lowest BCUT2D eigenvalue weighted by molar-refractivity contribution is -0.152. The van der Waals surface area contributed by atoms with E-state index >= 15 is 0 Å². The number of hydrogen-bond acceptors (Lipinski definition) is 4. The van der Waals surface area contributed by atoms with Gasteiger partial charge in [-0.25, -0.2) is 8.42 Å². The molecule has 0 amide bonds. The van der Waals surface area contributed by atoms with Gasteiger partial charge < -0.3 is 5.11 Å². The third kappa shape index (κ3) is 5.67. The summed E-state index contributed by atoms with van der Waals surface area (Å²) in [6.07, 6.45) is 18.1. The molecule has 1 N–H and O–H groups in total. The first-order valence-electron chi connectivity index (χ1n) is 16.9. The molecule has 5 fully saturated rings. The van der Waals surface area contributed by atoms with Gasteiger partial charge in [0, 0.05) is 6.42 Å². The van der Waals surface area contributed by atoms with E-state index in [0.29, 0.717) is 29.1 Å². The van der Waals surface area contributed by atoms with Crippen molar-refractivity contribution < 1.29 is 18.3 Å². The minimum atomic E-state index is -3.27. The van der Waals surface area contributed by atoms with Gasteiger partial charge in [-0.05, 0) is 123 Å².